The minimum absolute atomic E-state index is 0.649. The molecule has 0 unspecified atom stereocenters. The van der Waals surface area contributed by atoms with Crippen LogP contribution >= 0.6 is 15.9 Å². The van der Waals surface area contributed by atoms with Gasteiger partial charge in [-0.3, -0.25) is 0 Å². The summed E-state index contributed by atoms with van der Waals surface area (Å²) in [5.41, 5.74) is 2.50. The van der Waals surface area contributed by atoms with Gasteiger partial charge in [-0.2, -0.15) is 0 Å². The number of anilines is 1. The average molecular weight is 309 g/mol. The summed E-state index contributed by atoms with van der Waals surface area (Å²) in [6.45, 7) is 3.66. The average Bonchev–Trinajstić information content (AvgIpc) is 2.72. The molecule has 0 saturated heterocycles. The monoisotopic (exact) mass is 308 g/mol. The molecule has 0 aliphatic rings. The largest absolute Gasteiger partial charge is 0.433 e. The summed E-state index contributed by atoms with van der Waals surface area (Å²) >= 11 is 3.39. The van der Waals surface area contributed by atoms with Crippen LogP contribution in [0, 0.1) is 0 Å². The predicted molar refractivity (Wildman–Crippen MR) is 76.5 cm³/mol. The minimum Gasteiger partial charge on any atom is -0.433 e. The van der Waals surface area contributed by atoms with Crippen molar-refractivity contribution in [3.63, 3.8) is 0 Å². The maximum absolute atomic E-state index is 9.47. The van der Waals surface area contributed by atoms with Crippen LogP contribution in [-0.2, 0) is 6.42 Å². The first-order chi connectivity index (χ1) is 8.61. The molecule has 0 aliphatic heterocycles. The molecule has 0 radical (unpaired) electrons. The van der Waals surface area contributed by atoms with Crippen molar-refractivity contribution < 1.29 is 9.55 Å². The van der Waals surface area contributed by atoms with Gasteiger partial charge in [-0.25, -0.2) is 0 Å². The lowest BCUT2D eigenvalue weighted by molar-refractivity contribution is 0.424. The van der Waals surface area contributed by atoms with Gasteiger partial charge < -0.3 is 14.8 Å². The second-order valence-corrected chi connectivity index (χ2v) is 4.93. The minimum atomic E-state index is -0.649. The molecule has 1 aromatic heterocycles. The van der Waals surface area contributed by atoms with Crippen LogP contribution < -0.4 is 5.23 Å². The fraction of sp³-hybridized carbons (Fsp3) is 0.250. The maximum Gasteiger partial charge on any atom is 0.407 e. The predicted octanol–water partition coefficient (Wildman–Crippen LogP) is 3.19. The lowest BCUT2D eigenvalue weighted by atomic mass is 9.87. The first-order valence-corrected chi connectivity index (χ1v) is 6.60. The van der Waals surface area contributed by atoms with Gasteiger partial charge in [0.25, 0.3) is 0 Å². The van der Waals surface area contributed by atoms with Gasteiger partial charge in [-0.1, -0.05) is 28.0 Å². The molecule has 0 fully saturated rings. The molecular formula is C12H14BBrN2O2. The van der Waals surface area contributed by atoms with Gasteiger partial charge in [-0.05, 0) is 37.5 Å². The van der Waals surface area contributed by atoms with Crippen LogP contribution in [-0.4, -0.2) is 17.2 Å². The van der Waals surface area contributed by atoms with Gasteiger partial charge in [0, 0.05) is 10.0 Å². The highest BCUT2D eigenvalue weighted by Crippen LogP contribution is 2.32. The quantitative estimate of drug-likeness (QED) is 0.852. The molecule has 2 aromatic rings. The SMILES string of the molecule is CCc1noc(-c2ccc(Br)cc2)c1NB(C)O. The highest BCUT2D eigenvalue weighted by atomic mass is 79.9. The number of nitrogens with one attached hydrogen (secondary N) is 1. The molecule has 0 bridgehead atoms. The molecular weight excluding hydrogens is 295 g/mol. The molecule has 0 aliphatic carbocycles. The zero-order valence-corrected chi connectivity index (χ0v) is 11.9. The molecule has 6 heteroatoms. The van der Waals surface area contributed by atoms with E-state index in [0.717, 1.165) is 27.8 Å². The van der Waals surface area contributed by atoms with Crippen molar-refractivity contribution in [2.75, 3.05) is 5.23 Å². The van der Waals surface area contributed by atoms with E-state index in [2.05, 4.69) is 26.3 Å². The first kappa shape index (κ1) is 13.2. The smallest absolute Gasteiger partial charge is 0.407 e. The Bertz CT molecular complexity index is 525. The van der Waals surface area contributed by atoms with Crippen molar-refractivity contribution in [1.82, 2.24) is 5.16 Å². The van der Waals surface area contributed by atoms with Crippen LogP contribution in [0.15, 0.2) is 33.3 Å². The highest BCUT2D eigenvalue weighted by molar-refractivity contribution is 9.10. The summed E-state index contributed by atoms with van der Waals surface area (Å²) in [5, 5.41) is 16.5. The van der Waals surface area contributed by atoms with Crippen LogP contribution in [0.4, 0.5) is 5.69 Å². The van der Waals surface area contributed by atoms with Crippen LogP contribution in [0.1, 0.15) is 12.6 Å². The Hall–Kier alpha value is -1.27. The van der Waals surface area contributed by atoms with Gasteiger partial charge in [0.05, 0.1) is 5.69 Å². The zero-order valence-electron chi connectivity index (χ0n) is 10.3. The van der Waals surface area contributed by atoms with E-state index in [1.165, 1.54) is 0 Å². The number of halogens is 1. The molecule has 94 valence electrons. The number of aryl methyl sites for hydroxylation is 1. The summed E-state index contributed by atoms with van der Waals surface area (Å²) in [4.78, 5) is 0. The van der Waals surface area contributed by atoms with Gasteiger partial charge >= 0.3 is 7.05 Å². The lowest BCUT2D eigenvalue weighted by Crippen LogP contribution is -2.20. The Morgan fingerprint density at radius 2 is 2.06 bits per heavy atom. The van der Waals surface area contributed by atoms with E-state index in [-0.39, 0.29) is 0 Å². The van der Waals surface area contributed by atoms with E-state index >= 15 is 0 Å². The third-order valence-corrected chi connectivity index (χ3v) is 3.09. The number of nitrogens with zero attached hydrogens (tertiary/aromatic N) is 1. The zero-order chi connectivity index (χ0) is 13.1. The summed E-state index contributed by atoms with van der Waals surface area (Å²) < 4.78 is 6.38. The molecule has 1 aromatic carbocycles. The van der Waals surface area contributed by atoms with Crippen LogP contribution in [0.25, 0.3) is 11.3 Å². The Morgan fingerprint density at radius 3 is 2.61 bits per heavy atom. The molecule has 18 heavy (non-hydrogen) atoms. The van der Waals surface area contributed by atoms with E-state index in [1.54, 1.807) is 6.82 Å². The number of rotatable bonds is 4. The van der Waals surface area contributed by atoms with Crippen molar-refractivity contribution >= 4 is 28.7 Å². The fourth-order valence-corrected chi connectivity index (χ4v) is 1.98. The Labute approximate surface area is 115 Å². The number of benzene rings is 1. The Morgan fingerprint density at radius 1 is 1.39 bits per heavy atom. The van der Waals surface area contributed by atoms with E-state index in [0.29, 0.717) is 5.76 Å². The standard InChI is InChI=1S/C12H14BBrN2O2/c1-3-10-11(15-13(2)17)12(18-16-10)8-4-6-9(14)7-5-8/h4-7,15,17H,3H2,1-2H3. The van der Waals surface area contributed by atoms with Crippen molar-refractivity contribution in [2.45, 2.75) is 20.2 Å². The molecule has 0 amide bonds. The molecule has 2 rings (SSSR count). The normalized spacial score (nSPS) is 10.4. The van der Waals surface area contributed by atoms with E-state index in [1.807, 2.05) is 31.2 Å². The van der Waals surface area contributed by atoms with Crippen molar-refractivity contribution in [2.24, 2.45) is 0 Å². The van der Waals surface area contributed by atoms with Crippen LogP contribution in [0.5, 0.6) is 0 Å². The molecule has 0 atom stereocenters. The summed E-state index contributed by atoms with van der Waals surface area (Å²) in [6, 6.07) is 7.76. The summed E-state index contributed by atoms with van der Waals surface area (Å²) in [7, 11) is -0.649. The van der Waals surface area contributed by atoms with E-state index < -0.39 is 7.05 Å². The summed E-state index contributed by atoms with van der Waals surface area (Å²) in [6.07, 6.45) is 0.745. The molecule has 1 heterocycles. The Kier molecular flexibility index (Phi) is 4.09. The van der Waals surface area contributed by atoms with Gasteiger partial charge in [0.1, 0.15) is 5.69 Å². The number of hydrogen-bond acceptors (Lipinski definition) is 4. The van der Waals surface area contributed by atoms with E-state index in [4.69, 9.17) is 4.52 Å². The molecule has 0 spiro atoms. The summed E-state index contributed by atoms with van der Waals surface area (Å²) in [5.74, 6) is 0.653. The van der Waals surface area contributed by atoms with Gasteiger partial charge in [-0.15, -0.1) is 0 Å². The second-order valence-electron chi connectivity index (χ2n) is 4.01. The van der Waals surface area contributed by atoms with E-state index in [9.17, 15) is 5.02 Å². The van der Waals surface area contributed by atoms with Gasteiger partial charge in [0.2, 0.25) is 0 Å². The third kappa shape index (κ3) is 2.76. The highest BCUT2D eigenvalue weighted by Gasteiger charge is 2.18. The number of hydrogen-bond donors (Lipinski definition) is 2. The van der Waals surface area contributed by atoms with Gasteiger partial charge in [0.15, 0.2) is 5.76 Å². The maximum atomic E-state index is 9.47. The topological polar surface area (TPSA) is 58.3 Å². The van der Waals surface area contributed by atoms with Crippen molar-refractivity contribution in [3.8, 4) is 11.3 Å². The molecule has 4 nitrogen and oxygen atoms in total. The van der Waals surface area contributed by atoms with Crippen molar-refractivity contribution in [1.29, 1.82) is 0 Å². The third-order valence-electron chi connectivity index (χ3n) is 2.56. The second kappa shape index (κ2) is 5.58. The number of aromatic nitrogens is 1. The first-order valence-electron chi connectivity index (χ1n) is 5.81. The van der Waals surface area contributed by atoms with Crippen LogP contribution in [0.2, 0.25) is 6.82 Å². The molecule has 0 saturated carbocycles. The van der Waals surface area contributed by atoms with Crippen LogP contribution in [0.3, 0.4) is 0 Å². The fourth-order valence-electron chi connectivity index (χ4n) is 1.72. The molecule has 2 N–H and O–H groups in total. The van der Waals surface area contributed by atoms with Crippen molar-refractivity contribution in [3.05, 3.63) is 34.4 Å². The lowest BCUT2D eigenvalue weighted by Gasteiger charge is -2.07. The Balaban J connectivity index is 2.43.